The topological polar surface area (TPSA) is 39.2 Å². The second kappa shape index (κ2) is 6.18. The standard InChI is InChI=1S/C18H12FNO2/c19-15-8-6-13(7-9-15)16(21)10-12-22-17-5-1-3-14-4-2-11-20-18(14)17/h1-12H. The molecular formula is C18H12FNO2. The van der Waals surface area contributed by atoms with E-state index in [4.69, 9.17) is 4.74 Å². The maximum absolute atomic E-state index is 12.8. The molecule has 0 bridgehead atoms. The van der Waals surface area contributed by atoms with Gasteiger partial charge in [0, 0.05) is 23.2 Å². The van der Waals surface area contributed by atoms with Gasteiger partial charge in [0.2, 0.25) is 0 Å². The van der Waals surface area contributed by atoms with Crippen LogP contribution in [0, 0.1) is 5.82 Å². The third-order valence-corrected chi connectivity index (χ3v) is 3.14. The SMILES string of the molecule is O=C(C=COc1cccc2cccnc12)c1ccc(F)cc1. The Kier molecular flexibility index (Phi) is 3.92. The highest BCUT2D eigenvalue weighted by Gasteiger charge is 2.03. The minimum atomic E-state index is -0.376. The van der Waals surface area contributed by atoms with E-state index in [1.165, 1.54) is 36.6 Å². The van der Waals surface area contributed by atoms with Crippen molar-refractivity contribution in [2.45, 2.75) is 0 Å². The molecule has 0 N–H and O–H groups in total. The van der Waals surface area contributed by atoms with Crippen molar-refractivity contribution in [1.82, 2.24) is 4.98 Å². The highest BCUT2D eigenvalue weighted by molar-refractivity contribution is 6.04. The summed E-state index contributed by atoms with van der Waals surface area (Å²) in [7, 11) is 0. The summed E-state index contributed by atoms with van der Waals surface area (Å²) >= 11 is 0. The van der Waals surface area contributed by atoms with Crippen molar-refractivity contribution < 1.29 is 13.9 Å². The largest absolute Gasteiger partial charge is 0.463 e. The summed E-state index contributed by atoms with van der Waals surface area (Å²) in [6.07, 6.45) is 4.30. The fourth-order valence-corrected chi connectivity index (χ4v) is 2.05. The smallest absolute Gasteiger partial charge is 0.188 e. The third kappa shape index (κ3) is 3.01. The lowest BCUT2D eigenvalue weighted by atomic mass is 10.1. The Morgan fingerprint density at radius 2 is 1.82 bits per heavy atom. The van der Waals surface area contributed by atoms with Gasteiger partial charge in [-0.1, -0.05) is 18.2 Å². The lowest BCUT2D eigenvalue weighted by molar-refractivity contribution is 0.104. The molecule has 0 fully saturated rings. The summed E-state index contributed by atoms with van der Waals surface area (Å²) in [6, 6.07) is 14.7. The number of pyridine rings is 1. The number of para-hydroxylation sites is 1. The molecule has 3 rings (SSSR count). The molecule has 0 spiro atoms. The molecule has 1 aromatic heterocycles. The van der Waals surface area contributed by atoms with Crippen LogP contribution in [0.2, 0.25) is 0 Å². The second-order valence-electron chi connectivity index (χ2n) is 4.62. The Morgan fingerprint density at radius 3 is 2.64 bits per heavy atom. The van der Waals surface area contributed by atoms with Gasteiger partial charge >= 0.3 is 0 Å². The fraction of sp³-hybridized carbons (Fsp3) is 0. The van der Waals surface area contributed by atoms with Crippen LogP contribution in [0.25, 0.3) is 10.9 Å². The molecule has 2 aromatic carbocycles. The van der Waals surface area contributed by atoms with Crippen molar-refractivity contribution in [2.75, 3.05) is 0 Å². The monoisotopic (exact) mass is 293 g/mol. The number of allylic oxidation sites excluding steroid dienone is 1. The van der Waals surface area contributed by atoms with Gasteiger partial charge in [-0.3, -0.25) is 9.78 Å². The highest BCUT2D eigenvalue weighted by atomic mass is 19.1. The molecule has 1 heterocycles. The molecule has 22 heavy (non-hydrogen) atoms. The molecule has 3 nitrogen and oxygen atoms in total. The van der Waals surface area contributed by atoms with Crippen LogP contribution in [0.5, 0.6) is 5.75 Å². The normalized spacial score (nSPS) is 11.0. The summed E-state index contributed by atoms with van der Waals surface area (Å²) in [5.74, 6) is -0.0620. The Bertz CT molecular complexity index is 836. The van der Waals surface area contributed by atoms with Crippen LogP contribution < -0.4 is 4.74 Å². The number of hydrogen-bond acceptors (Lipinski definition) is 3. The van der Waals surface area contributed by atoms with Crippen LogP contribution >= 0.6 is 0 Å². The summed E-state index contributed by atoms with van der Waals surface area (Å²) in [4.78, 5) is 16.2. The number of ether oxygens (including phenoxy) is 1. The number of benzene rings is 2. The first-order valence-electron chi connectivity index (χ1n) is 6.71. The van der Waals surface area contributed by atoms with E-state index in [0.29, 0.717) is 11.3 Å². The van der Waals surface area contributed by atoms with Crippen LogP contribution in [-0.4, -0.2) is 10.8 Å². The Labute approximate surface area is 126 Å². The van der Waals surface area contributed by atoms with Crippen LogP contribution in [0.15, 0.2) is 73.1 Å². The quantitative estimate of drug-likeness (QED) is 0.412. The van der Waals surface area contributed by atoms with Gasteiger partial charge in [-0.25, -0.2) is 4.39 Å². The van der Waals surface area contributed by atoms with E-state index in [9.17, 15) is 9.18 Å². The molecule has 0 aliphatic carbocycles. The van der Waals surface area contributed by atoms with Gasteiger partial charge in [0.05, 0.1) is 6.26 Å². The number of hydrogen-bond donors (Lipinski definition) is 0. The molecule has 0 aliphatic heterocycles. The average Bonchev–Trinajstić information content (AvgIpc) is 2.55. The molecule has 0 unspecified atom stereocenters. The molecule has 0 saturated carbocycles. The first-order chi connectivity index (χ1) is 10.7. The number of aromatic nitrogens is 1. The minimum Gasteiger partial charge on any atom is -0.463 e. The summed E-state index contributed by atoms with van der Waals surface area (Å²) < 4.78 is 18.3. The van der Waals surface area contributed by atoms with Crippen molar-refractivity contribution in [3.8, 4) is 5.75 Å². The van der Waals surface area contributed by atoms with Gasteiger partial charge in [-0.15, -0.1) is 0 Å². The van der Waals surface area contributed by atoms with Crippen molar-refractivity contribution in [2.24, 2.45) is 0 Å². The van der Waals surface area contributed by atoms with E-state index in [1.807, 2.05) is 24.3 Å². The molecular weight excluding hydrogens is 281 g/mol. The third-order valence-electron chi connectivity index (χ3n) is 3.14. The van der Waals surface area contributed by atoms with Crippen molar-refractivity contribution >= 4 is 16.7 Å². The van der Waals surface area contributed by atoms with Crippen molar-refractivity contribution in [1.29, 1.82) is 0 Å². The summed E-state index contributed by atoms with van der Waals surface area (Å²) in [5, 5.41) is 0.957. The zero-order valence-electron chi connectivity index (χ0n) is 11.6. The van der Waals surface area contributed by atoms with E-state index < -0.39 is 0 Å². The predicted molar refractivity (Wildman–Crippen MR) is 82.2 cm³/mol. The van der Waals surface area contributed by atoms with E-state index in [1.54, 1.807) is 12.3 Å². The average molecular weight is 293 g/mol. The Balaban J connectivity index is 1.76. The van der Waals surface area contributed by atoms with Crippen LogP contribution in [0.4, 0.5) is 4.39 Å². The second-order valence-corrected chi connectivity index (χ2v) is 4.62. The Morgan fingerprint density at radius 1 is 1.05 bits per heavy atom. The lowest BCUT2D eigenvalue weighted by Gasteiger charge is -2.03. The highest BCUT2D eigenvalue weighted by Crippen LogP contribution is 2.23. The number of halogens is 1. The predicted octanol–water partition coefficient (Wildman–Crippen LogP) is 4.15. The molecule has 108 valence electrons. The van der Waals surface area contributed by atoms with Crippen LogP contribution in [-0.2, 0) is 0 Å². The maximum atomic E-state index is 12.8. The van der Waals surface area contributed by atoms with Crippen molar-refractivity contribution in [3.63, 3.8) is 0 Å². The van der Waals surface area contributed by atoms with Gasteiger partial charge in [-0.05, 0) is 36.4 Å². The first kappa shape index (κ1) is 13.9. The van der Waals surface area contributed by atoms with E-state index in [0.717, 1.165) is 10.9 Å². The van der Waals surface area contributed by atoms with Gasteiger partial charge in [0.15, 0.2) is 11.5 Å². The fourth-order valence-electron chi connectivity index (χ4n) is 2.05. The Hall–Kier alpha value is -3.01. The number of carbonyl (C=O) groups excluding carboxylic acids is 1. The number of ketones is 1. The summed E-state index contributed by atoms with van der Waals surface area (Å²) in [6.45, 7) is 0. The first-order valence-corrected chi connectivity index (χ1v) is 6.71. The van der Waals surface area contributed by atoms with E-state index >= 15 is 0 Å². The molecule has 0 aliphatic rings. The van der Waals surface area contributed by atoms with Crippen LogP contribution in [0.1, 0.15) is 10.4 Å². The minimum absolute atomic E-state index is 0.256. The zero-order valence-corrected chi connectivity index (χ0v) is 11.6. The number of rotatable bonds is 4. The molecule has 0 radical (unpaired) electrons. The summed E-state index contributed by atoms with van der Waals surface area (Å²) in [5.41, 5.74) is 1.13. The van der Waals surface area contributed by atoms with Gasteiger partial charge in [0.25, 0.3) is 0 Å². The molecule has 0 amide bonds. The lowest BCUT2D eigenvalue weighted by Crippen LogP contribution is -1.95. The van der Waals surface area contributed by atoms with Gasteiger partial charge in [0.1, 0.15) is 11.3 Å². The molecule has 4 heteroatoms. The number of fused-ring (bicyclic) bond motifs is 1. The van der Waals surface area contributed by atoms with Crippen molar-refractivity contribution in [3.05, 3.63) is 84.5 Å². The van der Waals surface area contributed by atoms with Gasteiger partial charge < -0.3 is 4.74 Å². The zero-order chi connectivity index (χ0) is 15.4. The van der Waals surface area contributed by atoms with E-state index in [2.05, 4.69) is 4.98 Å². The van der Waals surface area contributed by atoms with E-state index in [-0.39, 0.29) is 11.6 Å². The maximum Gasteiger partial charge on any atom is 0.188 e. The number of carbonyl (C=O) groups is 1. The number of nitrogens with zero attached hydrogens (tertiary/aromatic N) is 1. The van der Waals surface area contributed by atoms with Crippen LogP contribution in [0.3, 0.4) is 0 Å². The molecule has 3 aromatic rings. The van der Waals surface area contributed by atoms with Gasteiger partial charge in [-0.2, -0.15) is 0 Å². The molecule has 0 atom stereocenters. The molecule has 0 saturated heterocycles.